The molecule has 106 valence electrons. The maximum absolute atomic E-state index is 12.3. The number of ether oxygens (including phenoxy) is 1. The van der Waals surface area contributed by atoms with Crippen molar-refractivity contribution in [1.29, 1.82) is 0 Å². The molecule has 1 N–H and O–H groups in total. The van der Waals surface area contributed by atoms with Gasteiger partial charge in [0.25, 0.3) is 0 Å². The zero-order valence-corrected chi connectivity index (χ0v) is 11.8. The smallest absolute Gasteiger partial charge is 0.238 e. The number of nitrogens with one attached hydrogen (secondary N) is 1. The molecule has 3 saturated heterocycles. The highest BCUT2D eigenvalue weighted by atomic mass is 35.5. The molecule has 0 radical (unpaired) electrons. The van der Waals surface area contributed by atoms with Crippen molar-refractivity contribution in [3.8, 4) is 0 Å². The van der Waals surface area contributed by atoms with Gasteiger partial charge in [-0.2, -0.15) is 0 Å². The van der Waals surface area contributed by atoms with Gasteiger partial charge in [-0.25, -0.2) is 0 Å². The fourth-order valence-electron chi connectivity index (χ4n) is 3.75. The lowest BCUT2D eigenvalue weighted by Crippen LogP contribution is -2.45. The quantitative estimate of drug-likeness (QED) is 0.907. The summed E-state index contributed by atoms with van der Waals surface area (Å²) in [6, 6.07) is 7.94. The summed E-state index contributed by atoms with van der Waals surface area (Å²) in [7, 11) is 0. The van der Waals surface area contributed by atoms with Gasteiger partial charge in [-0.1, -0.05) is 23.7 Å². The maximum Gasteiger partial charge on any atom is 0.238 e. The van der Waals surface area contributed by atoms with Crippen molar-refractivity contribution in [3.63, 3.8) is 0 Å². The first kappa shape index (κ1) is 12.6. The Morgan fingerprint density at radius 3 is 2.95 bits per heavy atom. The van der Waals surface area contributed by atoms with Crippen molar-refractivity contribution in [2.75, 3.05) is 6.54 Å². The molecule has 0 aliphatic carbocycles. The predicted molar refractivity (Wildman–Crippen MR) is 75.3 cm³/mol. The molecule has 4 atom stereocenters. The van der Waals surface area contributed by atoms with E-state index in [0.29, 0.717) is 17.7 Å². The van der Waals surface area contributed by atoms with Gasteiger partial charge in [0.15, 0.2) is 0 Å². The van der Waals surface area contributed by atoms with Crippen LogP contribution in [0.4, 0.5) is 0 Å². The largest absolute Gasteiger partial charge is 0.373 e. The van der Waals surface area contributed by atoms with Crippen LogP contribution in [0.25, 0.3) is 0 Å². The molecule has 4 unspecified atom stereocenters. The summed E-state index contributed by atoms with van der Waals surface area (Å²) >= 11 is 6.07. The Morgan fingerprint density at radius 1 is 1.35 bits per heavy atom. The summed E-state index contributed by atoms with van der Waals surface area (Å²) in [4.78, 5) is 14.3. The van der Waals surface area contributed by atoms with Gasteiger partial charge in [-0.15, -0.1) is 0 Å². The van der Waals surface area contributed by atoms with E-state index in [4.69, 9.17) is 16.3 Å². The minimum Gasteiger partial charge on any atom is -0.373 e. The fourth-order valence-corrected chi connectivity index (χ4v) is 3.95. The molecule has 2 bridgehead atoms. The van der Waals surface area contributed by atoms with Gasteiger partial charge >= 0.3 is 0 Å². The number of hydrogen-bond acceptors (Lipinski definition) is 3. The van der Waals surface area contributed by atoms with Crippen LogP contribution in [0.1, 0.15) is 31.0 Å². The van der Waals surface area contributed by atoms with E-state index in [1.54, 1.807) is 0 Å². The highest BCUT2D eigenvalue weighted by molar-refractivity contribution is 6.30. The topological polar surface area (TPSA) is 41.6 Å². The minimum absolute atomic E-state index is 0.0749. The van der Waals surface area contributed by atoms with E-state index in [9.17, 15) is 4.79 Å². The van der Waals surface area contributed by atoms with Gasteiger partial charge in [0, 0.05) is 5.02 Å². The van der Waals surface area contributed by atoms with Crippen LogP contribution in [-0.2, 0) is 9.53 Å². The van der Waals surface area contributed by atoms with Crippen LogP contribution in [-0.4, -0.2) is 35.6 Å². The first-order valence-corrected chi connectivity index (χ1v) is 7.55. The van der Waals surface area contributed by atoms with Crippen molar-refractivity contribution >= 4 is 17.5 Å². The number of fused-ring (bicyclic) bond motifs is 2. The molecular weight excluding hydrogens is 276 g/mol. The lowest BCUT2D eigenvalue weighted by molar-refractivity contribution is -0.131. The van der Waals surface area contributed by atoms with Crippen LogP contribution in [0, 0.1) is 0 Å². The molecule has 3 aliphatic rings. The first-order chi connectivity index (χ1) is 9.72. The Kier molecular flexibility index (Phi) is 2.98. The Balaban J connectivity index is 1.64. The van der Waals surface area contributed by atoms with Crippen LogP contribution in [0.3, 0.4) is 0 Å². The number of hydrogen-bond donors (Lipinski definition) is 1. The van der Waals surface area contributed by atoms with E-state index in [1.165, 1.54) is 0 Å². The summed E-state index contributed by atoms with van der Waals surface area (Å²) in [5.74, 6) is 0.163. The van der Waals surface area contributed by atoms with E-state index in [1.807, 2.05) is 29.2 Å². The third-order valence-corrected chi connectivity index (χ3v) is 4.84. The number of amides is 1. The van der Waals surface area contributed by atoms with Gasteiger partial charge in [-0.3, -0.25) is 10.1 Å². The Hall–Kier alpha value is -1.10. The minimum atomic E-state index is -0.0749. The Morgan fingerprint density at radius 2 is 2.25 bits per heavy atom. The maximum atomic E-state index is 12.3. The zero-order valence-electron chi connectivity index (χ0n) is 11.1. The standard InChI is InChI=1S/C15H17ClN2O2/c16-10-3-1-2-9(6-10)15-17-8-14(19)18(15)12-7-11-4-5-13(12)20-11/h1-3,6,11-13,15,17H,4-5,7-8H2. The Labute approximate surface area is 123 Å². The lowest BCUT2D eigenvalue weighted by atomic mass is 9.93. The molecule has 1 aromatic carbocycles. The van der Waals surface area contributed by atoms with Crippen molar-refractivity contribution in [2.24, 2.45) is 0 Å². The molecule has 1 aromatic rings. The summed E-state index contributed by atoms with van der Waals surface area (Å²) in [5.41, 5.74) is 1.05. The van der Waals surface area contributed by atoms with E-state index in [-0.39, 0.29) is 24.2 Å². The van der Waals surface area contributed by atoms with Crippen molar-refractivity contribution < 1.29 is 9.53 Å². The van der Waals surface area contributed by atoms with Crippen molar-refractivity contribution in [2.45, 2.75) is 43.7 Å². The predicted octanol–water partition coefficient (Wildman–Crippen LogP) is 2.09. The molecular formula is C15H17ClN2O2. The number of halogens is 1. The first-order valence-electron chi connectivity index (χ1n) is 7.18. The summed E-state index contributed by atoms with van der Waals surface area (Å²) < 4.78 is 5.91. The molecule has 1 amide bonds. The normalized spacial score (nSPS) is 36.0. The molecule has 3 aliphatic heterocycles. The van der Waals surface area contributed by atoms with Crippen molar-refractivity contribution in [1.82, 2.24) is 10.2 Å². The lowest BCUT2D eigenvalue weighted by Gasteiger charge is -2.34. The monoisotopic (exact) mass is 292 g/mol. The number of carbonyl (C=O) groups is 1. The molecule has 0 spiro atoms. The van der Waals surface area contributed by atoms with Crippen molar-refractivity contribution in [3.05, 3.63) is 34.9 Å². The third kappa shape index (κ3) is 1.94. The van der Waals surface area contributed by atoms with E-state index >= 15 is 0 Å². The molecule has 20 heavy (non-hydrogen) atoms. The molecule has 4 rings (SSSR count). The summed E-state index contributed by atoms with van der Waals surface area (Å²) in [6.45, 7) is 0.394. The summed E-state index contributed by atoms with van der Waals surface area (Å²) in [5, 5.41) is 4.00. The number of carbonyl (C=O) groups excluding carboxylic acids is 1. The van der Waals surface area contributed by atoms with Gasteiger partial charge < -0.3 is 9.64 Å². The number of nitrogens with zero attached hydrogens (tertiary/aromatic N) is 1. The average Bonchev–Trinajstić information content (AvgIpc) is 3.13. The second kappa shape index (κ2) is 4.72. The molecule has 3 fully saturated rings. The number of rotatable bonds is 2. The zero-order chi connectivity index (χ0) is 13.7. The molecule has 4 nitrogen and oxygen atoms in total. The fraction of sp³-hybridized carbons (Fsp3) is 0.533. The highest BCUT2D eigenvalue weighted by Crippen LogP contribution is 2.40. The second-order valence-corrected chi connectivity index (χ2v) is 6.25. The SMILES string of the molecule is O=C1CNC(c2cccc(Cl)c2)N1C1CC2CCC1O2. The third-order valence-electron chi connectivity index (χ3n) is 4.61. The van der Waals surface area contributed by atoms with Gasteiger partial charge in [0.2, 0.25) is 5.91 Å². The Bertz CT molecular complexity index is 550. The molecule has 5 heteroatoms. The highest BCUT2D eigenvalue weighted by Gasteiger charge is 2.48. The van der Waals surface area contributed by atoms with Crippen LogP contribution < -0.4 is 5.32 Å². The second-order valence-electron chi connectivity index (χ2n) is 5.82. The van der Waals surface area contributed by atoms with Crippen LogP contribution in [0.5, 0.6) is 0 Å². The van der Waals surface area contributed by atoms with Crippen LogP contribution in [0.2, 0.25) is 5.02 Å². The van der Waals surface area contributed by atoms with E-state index < -0.39 is 0 Å². The number of benzene rings is 1. The molecule has 0 saturated carbocycles. The van der Waals surface area contributed by atoms with Gasteiger partial charge in [0.1, 0.15) is 6.17 Å². The van der Waals surface area contributed by atoms with Crippen LogP contribution >= 0.6 is 11.6 Å². The van der Waals surface area contributed by atoms with Gasteiger partial charge in [0.05, 0.1) is 24.8 Å². The molecule has 0 aromatic heterocycles. The van der Waals surface area contributed by atoms with Crippen LogP contribution in [0.15, 0.2) is 24.3 Å². The summed E-state index contributed by atoms with van der Waals surface area (Å²) in [6.07, 6.45) is 3.66. The van der Waals surface area contributed by atoms with Gasteiger partial charge in [-0.05, 0) is 37.0 Å². The van der Waals surface area contributed by atoms with E-state index in [2.05, 4.69) is 5.32 Å². The molecule has 3 heterocycles. The average molecular weight is 293 g/mol. The van der Waals surface area contributed by atoms with E-state index in [0.717, 1.165) is 24.8 Å².